The lowest BCUT2D eigenvalue weighted by Gasteiger charge is -2.29. The molecule has 2 rings (SSSR count). The second-order valence-corrected chi connectivity index (χ2v) is 4.54. The number of carbonyl (C=O) groups excluding carboxylic acids is 1. The predicted octanol–water partition coefficient (Wildman–Crippen LogP) is 0.455. The topological polar surface area (TPSA) is 35.6 Å². The Hall–Kier alpha value is -0.610. The molecular formula is C11H21N3O. The van der Waals surface area contributed by atoms with Gasteiger partial charge in [-0.05, 0) is 31.8 Å². The highest BCUT2D eigenvalue weighted by Crippen LogP contribution is 2.17. The van der Waals surface area contributed by atoms with Crippen molar-refractivity contribution in [3.05, 3.63) is 0 Å². The van der Waals surface area contributed by atoms with Gasteiger partial charge in [0.1, 0.15) is 0 Å². The van der Waals surface area contributed by atoms with Gasteiger partial charge in [0.2, 0.25) is 5.91 Å². The number of carbonyl (C=O) groups is 1. The van der Waals surface area contributed by atoms with E-state index in [0.717, 1.165) is 45.1 Å². The van der Waals surface area contributed by atoms with Gasteiger partial charge < -0.3 is 5.32 Å². The zero-order valence-electron chi connectivity index (χ0n) is 9.54. The Balaban J connectivity index is 1.86. The first kappa shape index (κ1) is 10.9. The summed E-state index contributed by atoms with van der Waals surface area (Å²) in [5, 5.41) is 7.58. The van der Waals surface area contributed by atoms with E-state index in [1.807, 2.05) is 5.01 Å². The van der Waals surface area contributed by atoms with E-state index in [-0.39, 0.29) is 0 Å². The van der Waals surface area contributed by atoms with Crippen LogP contribution in [0.25, 0.3) is 0 Å². The number of nitrogens with one attached hydrogen (secondary N) is 1. The van der Waals surface area contributed by atoms with Crippen LogP contribution in [0.1, 0.15) is 26.2 Å². The molecule has 0 aromatic heterocycles. The molecule has 0 bridgehead atoms. The molecule has 0 aromatic carbocycles. The van der Waals surface area contributed by atoms with E-state index in [2.05, 4.69) is 17.2 Å². The summed E-state index contributed by atoms with van der Waals surface area (Å²) < 4.78 is 0. The highest BCUT2D eigenvalue weighted by atomic mass is 16.2. The fraction of sp³-hybridized carbons (Fsp3) is 0.909. The quantitative estimate of drug-likeness (QED) is 0.733. The maximum atomic E-state index is 11.6. The second-order valence-electron chi connectivity index (χ2n) is 4.54. The summed E-state index contributed by atoms with van der Waals surface area (Å²) in [6, 6.07) is 0. The second kappa shape index (κ2) is 4.94. The minimum absolute atomic E-state index is 0.308. The Morgan fingerprint density at radius 1 is 1.53 bits per heavy atom. The van der Waals surface area contributed by atoms with Crippen LogP contribution in [0.5, 0.6) is 0 Å². The van der Waals surface area contributed by atoms with Gasteiger partial charge in [0.25, 0.3) is 0 Å². The average molecular weight is 211 g/mol. The van der Waals surface area contributed by atoms with Crippen molar-refractivity contribution in [1.29, 1.82) is 0 Å². The maximum absolute atomic E-state index is 11.6. The van der Waals surface area contributed by atoms with Crippen molar-refractivity contribution in [2.24, 2.45) is 5.92 Å². The molecular weight excluding hydrogens is 190 g/mol. The molecule has 86 valence electrons. The van der Waals surface area contributed by atoms with Crippen LogP contribution >= 0.6 is 0 Å². The summed E-state index contributed by atoms with van der Waals surface area (Å²) in [6.45, 7) is 7.25. The molecule has 1 unspecified atom stereocenters. The first-order valence-electron chi connectivity index (χ1n) is 6.07. The summed E-state index contributed by atoms with van der Waals surface area (Å²) in [7, 11) is 0. The Kier molecular flexibility index (Phi) is 3.59. The largest absolute Gasteiger partial charge is 0.316 e. The van der Waals surface area contributed by atoms with Gasteiger partial charge in [0.15, 0.2) is 0 Å². The first-order valence-corrected chi connectivity index (χ1v) is 6.07. The molecule has 0 radical (unpaired) electrons. The third-order valence-corrected chi connectivity index (χ3v) is 3.28. The van der Waals surface area contributed by atoms with Crippen LogP contribution in [0.2, 0.25) is 0 Å². The van der Waals surface area contributed by atoms with Gasteiger partial charge in [-0.15, -0.1) is 0 Å². The minimum atomic E-state index is 0.308. The van der Waals surface area contributed by atoms with Crippen molar-refractivity contribution in [2.45, 2.75) is 26.2 Å². The van der Waals surface area contributed by atoms with Crippen LogP contribution < -0.4 is 5.32 Å². The molecule has 0 aliphatic carbocycles. The van der Waals surface area contributed by atoms with Gasteiger partial charge in [-0.1, -0.05) is 6.92 Å². The number of amides is 1. The molecule has 2 aliphatic rings. The van der Waals surface area contributed by atoms with Gasteiger partial charge in [0.05, 0.1) is 0 Å². The number of hydrogen-bond acceptors (Lipinski definition) is 3. The van der Waals surface area contributed by atoms with Crippen LogP contribution in [-0.2, 0) is 4.79 Å². The number of hydrazine groups is 1. The van der Waals surface area contributed by atoms with E-state index in [1.54, 1.807) is 0 Å². The van der Waals surface area contributed by atoms with Crippen molar-refractivity contribution in [3.63, 3.8) is 0 Å². The summed E-state index contributed by atoms with van der Waals surface area (Å²) in [6.07, 6.45) is 3.01. The lowest BCUT2D eigenvalue weighted by atomic mass is 10.1. The molecule has 2 aliphatic heterocycles. The maximum Gasteiger partial charge on any atom is 0.238 e. The molecule has 0 aromatic rings. The van der Waals surface area contributed by atoms with Gasteiger partial charge in [-0.3, -0.25) is 9.80 Å². The van der Waals surface area contributed by atoms with Crippen molar-refractivity contribution in [3.8, 4) is 0 Å². The lowest BCUT2D eigenvalue weighted by Crippen LogP contribution is -2.42. The fourth-order valence-corrected chi connectivity index (χ4v) is 2.47. The van der Waals surface area contributed by atoms with Crippen molar-refractivity contribution < 1.29 is 4.79 Å². The molecule has 2 fully saturated rings. The van der Waals surface area contributed by atoms with E-state index in [9.17, 15) is 4.79 Å². The summed E-state index contributed by atoms with van der Waals surface area (Å²) in [5.74, 6) is 1.04. The van der Waals surface area contributed by atoms with E-state index in [4.69, 9.17) is 0 Å². The Labute approximate surface area is 91.6 Å². The number of hydrogen-bond donors (Lipinski definition) is 1. The molecule has 1 atom stereocenters. The Bertz CT molecular complexity index is 226. The number of nitrogens with zero attached hydrogens (tertiary/aromatic N) is 2. The standard InChI is InChI=1S/C11H21N3O/c1-2-6-14-11(15)4-7-13(14)9-10-3-5-12-8-10/h10,12H,2-9H2,1H3. The lowest BCUT2D eigenvalue weighted by molar-refractivity contribution is -0.138. The molecule has 0 saturated carbocycles. The van der Waals surface area contributed by atoms with E-state index in [0.29, 0.717) is 12.3 Å². The first-order chi connectivity index (χ1) is 7.31. The van der Waals surface area contributed by atoms with E-state index < -0.39 is 0 Å². The van der Waals surface area contributed by atoms with Crippen LogP contribution in [0.3, 0.4) is 0 Å². The van der Waals surface area contributed by atoms with Crippen LogP contribution in [0, 0.1) is 5.92 Å². The van der Waals surface area contributed by atoms with Crippen molar-refractivity contribution in [1.82, 2.24) is 15.3 Å². The Morgan fingerprint density at radius 3 is 3.07 bits per heavy atom. The fourth-order valence-electron chi connectivity index (χ4n) is 2.47. The van der Waals surface area contributed by atoms with Gasteiger partial charge in [0, 0.05) is 26.1 Å². The van der Waals surface area contributed by atoms with Gasteiger partial charge in [-0.25, -0.2) is 5.01 Å². The zero-order chi connectivity index (χ0) is 10.7. The Morgan fingerprint density at radius 2 is 2.40 bits per heavy atom. The molecule has 0 spiro atoms. The van der Waals surface area contributed by atoms with Crippen LogP contribution in [-0.4, -0.2) is 48.6 Å². The van der Waals surface area contributed by atoms with Crippen molar-refractivity contribution in [2.75, 3.05) is 32.7 Å². The predicted molar refractivity (Wildman–Crippen MR) is 59.2 cm³/mol. The van der Waals surface area contributed by atoms with Gasteiger partial charge in [-0.2, -0.15) is 0 Å². The van der Waals surface area contributed by atoms with Crippen LogP contribution in [0.4, 0.5) is 0 Å². The molecule has 1 amide bonds. The summed E-state index contributed by atoms with van der Waals surface area (Å²) in [5.41, 5.74) is 0. The van der Waals surface area contributed by atoms with Gasteiger partial charge >= 0.3 is 0 Å². The molecule has 2 heterocycles. The zero-order valence-corrected chi connectivity index (χ0v) is 9.54. The molecule has 1 N–H and O–H groups in total. The number of rotatable bonds is 4. The third-order valence-electron chi connectivity index (χ3n) is 3.28. The molecule has 4 nitrogen and oxygen atoms in total. The van der Waals surface area contributed by atoms with Crippen LogP contribution in [0.15, 0.2) is 0 Å². The minimum Gasteiger partial charge on any atom is -0.316 e. The monoisotopic (exact) mass is 211 g/mol. The molecule has 2 saturated heterocycles. The third kappa shape index (κ3) is 2.49. The summed E-state index contributed by atoms with van der Waals surface area (Å²) >= 11 is 0. The van der Waals surface area contributed by atoms with Crippen molar-refractivity contribution >= 4 is 5.91 Å². The highest BCUT2D eigenvalue weighted by Gasteiger charge is 2.30. The average Bonchev–Trinajstić information content (AvgIpc) is 2.83. The summed E-state index contributed by atoms with van der Waals surface area (Å²) in [4.78, 5) is 11.6. The highest BCUT2D eigenvalue weighted by molar-refractivity contribution is 5.77. The molecule has 4 heteroatoms. The molecule has 15 heavy (non-hydrogen) atoms. The normalized spacial score (nSPS) is 27.9. The SMILES string of the molecule is CCCN1C(=O)CCN1CC1CCNC1. The smallest absolute Gasteiger partial charge is 0.238 e. The van der Waals surface area contributed by atoms with E-state index in [1.165, 1.54) is 6.42 Å². The van der Waals surface area contributed by atoms with E-state index >= 15 is 0 Å².